The van der Waals surface area contributed by atoms with E-state index in [-0.39, 0.29) is 0 Å². The third-order valence-corrected chi connectivity index (χ3v) is 1.89. The van der Waals surface area contributed by atoms with Gasteiger partial charge in [-0.1, -0.05) is 6.92 Å². The molecule has 0 saturated carbocycles. The molecule has 0 atom stereocenters. The van der Waals surface area contributed by atoms with Crippen molar-refractivity contribution in [3.05, 3.63) is 30.4 Å². The van der Waals surface area contributed by atoms with Gasteiger partial charge in [-0.25, -0.2) is 0 Å². The third-order valence-electron chi connectivity index (χ3n) is 1.89. The van der Waals surface area contributed by atoms with Crippen molar-refractivity contribution >= 4 is 0 Å². The van der Waals surface area contributed by atoms with Gasteiger partial charge >= 0.3 is 0 Å². The predicted molar refractivity (Wildman–Crippen MR) is 49.0 cm³/mol. The van der Waals surface area contributed by atoms with E-state index in [9.17, 15) is 0 Å². The Morgan fingerprint density at radius 1 is 1.38 bits per heavy atom. The summed E-state index contributed by atoms with van der Waals surface area (Å²) in [4.78, 5) is 7.07. The fourth-order valence-corrected chi connectivity index (χ4v) is 1.16. The lowest BCUT2D eigenvalue weighted by atomic mass is 10.1. The molecule has 0 fully saturated rings. The van der Waals surface area contributed by atoms with Gasteiger partial charge < -0.3 is 4.98 Å². The molecule has 4 nitrogen and oxygen atoms in total. The first-order valence-electron chi connectivity index (χ1n) is 4.20. The van der Waals surface area contributed by atoms with Gasteiger partial charge in [0.1, 0.15) is 6.33 Å². The number of hydrogen-bond donors (Lipinski definition) is 1. The van der Waals surface area contributed by atoms with Crippen LogP contribution in [-0.4, -0.2) is 20.2 Å². The van der Waals surface area contributed by atoms with Crippen LogP contribution in [0.1, 0.15) is 12.5 Å². The lowest BCUT2D eigenvalue weighted by Gasteiger charge is -1.98. The number of H-pyrrole nitrogens is 1. The molecule has 0 aliphatic carbocycles. The maximum absolute atomic E-state index is 4.12. The first-order chi connectivity index (χ1) is 6.40. The van der Waals surface area contributed by atoms with Gasteiger partial charge in [0.25, 0.3) is 0 Å². The lowest BCUT2D eigenvalue weighted by Crippen LogP contribution is -1.87. The second kappa shape index (κ2) is 3.35. The van der Waals surface area contributed by atoms with Crippen molar-refractivity contribution in [2.24, 2.45) is 0 Å². The van der Waals surface area contributed by atoms with Gasteiger partial charge in [0, 0.05) is 18.0 Å². The minimum atomic E-state index is 0.766. The first kappa shape index (κ1) is 7.91. The van der Waals surface area contributed by atoms with Gasteiger partial charge in [-0.2, -0.15) is 0 Å². The number of hydrogen-bond acceptors (Lipinski definition) is 3. The Kier molecular flexibility index (Phi) is 2.04. The minimum absolute atomic E-state index is 0.766. The smallest absolute Gasteiger partial charge is 0.162 e. The second-order valence-electron chi connectivity index (χ2n) is 2.77. The molecule has 0 aromatic carbocycles. The van der Waals surface area contributed by atoms with Crippen molar-refractivity contribution in [2.45, 2.75) is 13.3 Å². The highest BCUT2D eigenvalue weighted by atomic mass is 15.2. The normalized spacial score (nSPS) is 10.2. The zero-order valence-corrected chi connectivity index (χ0v) is 7.36. The molecular weight excluding hydrogens is 164 g/mol. The van der Waals surface area contributed by atoms with Gasteiger partial charge in [-0.3, -0.25) is 4.98 Å². The Hall–Kier alpha value is -1.71. The van der Waals surface area contributed by atoms with Gasteiger partial charge in [0.2, 0.25) is 0 Å². The van der Waals surface area contributed by atoms with E-state index in [2.05, 4.69) is 33.2 Å². The zero-order chi connectivity index (χ0) is 9.10. The maximum Gasteiger partial charge on any atom is 0.162 e. The van der Waals surface area contributed by atoms with Gasteiger partial charge in [0.15, 0.2) is 5.82 Å². The van der Waals surface area contributed by atoms with Crippen molar-refractivity contribution < 1.29 is 0 Å². The number of rotatable bonds is 2. The quantitative estimate of drug-likeness (QED) is 0.749. The van der Waals surface area contributed by atoms with Crippen molar-refractivity contribution in [3.63, 3.8) is 0 Å². The molecule has 0 saturated heterocycles. The number of nitrogens with zero attached hydrogens (tertiary/aromatic N) is 3. The predicted octanol–water partition coefficient (Wildman–Crippen LogP) is 1.43. The SMILES string of the molecule is CCc1cncc(-c2nnc[nH]2)c1. The van der Waals surface area contributed by atoms with Gasteiger partial charge in [-0.15, -0.1) is 10.2 Å². The first-order valence-corrected chi connectivity index (χ1v) is 4.20. The standard InChI is InChI=1S/C9H10N4/c1-2-7-3-8(5-10-4-7)9-11-6-12-13-9/h3-6H,2H2,1H3,(H,11,12,13). The van der Waals surface area contributed by atoms with Crippen LogP contribution < -0.4 is 0 Å². The fourth-order valence-electron chi connectivity index (χ4n) is 1.16. The zero-order valence-electron chi connectivity index (χ0n) is 7.36. The summed E-state index contributed by atoms with van der Waals surface area (Å²) >= 11 is 0. The average Bonchev–Trinajstić information content (AvgIpc) is 2.71. The van der Waals surface area contributed by atoms with Crippen LogP contribution in [0.25, 0.3) is 11.4 Å². The molecule has 66 valence electrons. The van der Waals surface area contributed by atoms with E-state index in [4.69, 9.17) is 0 Å². The molecule has 1 N–H and O–H groups in total. The Bertz CT molecular complexity index is 380. The van der Waals surface area contributed by atoms with Crippen LogP contribution in [0, 0.1) is 0 Å². The van der Waals surface area contributed by atoms with Crippen molar-refractivity contribution in [2.75, 3.05) is 0 Å². The molecule has 0 spiro atoms. The summed E-state index contributed by atoms with van der Waals surface area (Å²) in [7, 11) is 0. The van der Waals surface area contributed by atoms with E-state index in [1.165, 1.54) is 5.56 Å². The fraction of sp³-hybridized carbons (Fsp3) is 0.222. The van der Waals surface area contributed by atoms with Crippen LogP contribution in [0.3, 0.4) is 0 Å². The van der Waals surface area contributed by atoms with Crippen LogP contribution in [-0.2, 0) is 6.42 Å². The molecule has 2 aromatic rings. The molecule has 0 unspecified atom stereocenters. The number of aryl methyl sites for hydroxylation is 1. The highest BCUT2D eigenvalue weighted by Crippen LogP contribution is 2.13. The van der Waals surface area contributed by atoms with Gasteiger partial charge in [0.05, 0.1) is 0 Å². The van der Waals surface area contributed by atoms with Crippen molar-refractivity contribution in [1.29, 1.82) is 0 Å². The van der Waals surface area contributed by atoms with Crippen LogP contribution in [0.4, 0.5) is 0 Å². The number of pyridine rings is 1. The number of aromatic amines is 1. The summed E-state index contributed by atoms with van der Waals surface area (Å²) < 4.78 is 0. The summed E-state index contributed by atoms with van der Waals surface area (Å²) in [5.74, 6) is 0.766. The Labute approximate surface area is 76.1 Å². The molecule has 0 aliphatic heterocycles. The second-order valence-corrected chi connectivity index (χ2v) is 2.77. The molecule has 13 heavy (non-hydrogen) atoms. The third kappa shape index (κ3) is 1.56. The number of aromatic nitrogens is 4. The molecule has 2 aromatic heterocycles. The Balaban J connectivity index is 2.41. The van der Waals surface area contributed by atoms with E-state index in [1.807, 2.05) is 6.20 Å². The Morgan fingerprint density at radius 2 is 2.31 bits per heavy atom. The average molecular weight is 174 g/mol. The lowest BCUT2D eigenvalue weighted by molar-refractivity contribution is 1.08. The summed E-state index contributed by atoms with van der Waals surface area (Å²) in [6.45, 7) is 2.10. The molecule has 4 heteroatoms. The van der Waals surface area contributed by atoms with Crippen LogP contribution >= 0.6 is 0 Å². The molecular formula is C9H10N4. The van der Waals surface area contributed by atoms with E-state index < -0.39 is 0 Å². The Morgan fingerprint density at radius 3 is 3.00 bits per heavy atom. The summed E-state index contributed by atoms with van der Waals surface area (Å²) in [6.07, 6.45) is 6.18. The van der Waals surface area contributed by atoms with Gasteiger partial charge in [-0.05, 0) is 18.1 Å². The topological polar surface area (TPSA) is 54.5 Å². The summed E-state index contributed by atoms with van der Waals surface area (Å²) in [6, 6.07) is 2.06. The van der Waals surface area contributed by atoms with Crippen molar-refractivity contribution in [1.82, 2.24) is 20.2 Å². The molecule has 0 amide bonds. The van der Waals surface area contributed by atoms with E-state index >= 15 is 0 Å². The molecule has 0 bridgehead atoms. The highest BCUT2D eigenvalue weighted by molar-refractivity contribution is 5.53. The summed E-state index contributed by atoms with van der Waals surface area (Å²) in [5.41, 5.74) is 2.19. The van der Waals surface area contributed by atoms with Crippen LogP contribution in [0.2, 0.25) is 0 Å². The van der Waals surface area contributed by atoms with Crippen LogP contribution in [0.15, 0.2) is 24.8 Å². The molecule has 2 rings (SSSR count). The molecule has 0 aliphatic rings. The van der Waals surface area contributed by atoms with E-state index in [1.54, 1.807) is 12.5 Å². The van der Waals surface area contributed by atoms with Crippen molar-refractivity contribution in [3.8, 4) is 11.4 Å². The highest BCUT2D eigenvalue weighted by Gasteiger charge is 2.00. The van der Waals surface area contributed by atoms with E-state index in [0.29, 0.717) is 0 Å². The monoisotopic (exact) mass is 174 g/mol. The minimum Gasteiger partial charge on any atom is -0.328 e. The number of nitrogens with one attached hydrogen (secondary N) is 1. The summed E-state index contributed by atoms with van der Waals surface area (Å²) in [5, 5.41) is 7.64. The molecule has 0 radical (unpaired) electrons. The van der Waals surface area contributed by atoms with E-state index in [0.717, 1.165) is 17.8 Å². The molecule has 2 heterocycles. The maximum atomic E-state index is 4.12. The van der Waals surface area contributed by atoms with Crippen LogP contribution in [0.5, 0.6) is 0 Å². The largest absolute Gasteiger partial charge is 0.328 e.